The standard InChI is InChI=1S/C15H18O5/c1-6-4-9(16)20-15-10(6)11-12(17)7(2)5-19-14(11)8(3)13(15)18/h6-7,9,16,18H,4-5H2,1-3H3/t6-,7+,9-/m1/s1. The Labute approximate surface area is 117 Å². The van der Waals surface area contributed by atoms with Crippen molar-refractivity contribution in [3.05, 3.63) is 16.7 Å². The van der Waals surface area contributed by atoms with Gasteiger partial charge in [-0.15, -0.1) is 0 Å². The van der Waals surface area contributed by atoms with Crippen molar-refractivity contribution in [2.45, 2.75) is 39.4 Å². The van der Waals surface area contributed by atoms with E-state index in [-0.39, 0.29) is 29.1 Å². The van der Waals surface area contributed by atoms with Gasteiger partial charge in [-0.1, -0.05) is 13.8 Å². The first kappa shape index (κ1) is 13.2. The maximum absolute atomic E-state index is 12.5. The zero-order valence-electron chi connectivity index (χ0n) is 11.8. The molecule has 0 unspecified atom stereocenters. The number of carbonyl (C=O) groups is 1. The molecule has 2 aliphatic heterocycles. The SMILES string of the molecule is Cc1c(O)c2c(c3c1OC[C@H](C)C3=O)[C@H](C)C[C@H](O)O2. The lowest BCUT2D eigenvalue weighted by molar-refractivity contribution is -0.0396. The molecule has 0 aromatic heterocycles. The molecule has 0 amide bonds. The van der Waals surface area contributed by atoms with Crippen LogP contribution in [0.3, 0.4) is 0 Å². The zero-order valence-corrected chi connectivity index (χ0v) is 11.8. The highest BCUT2D eigenvalue weighted by Crippen LogP contribution is 2.51. The van der Waals surface area contributed by atoms with Crippen LogP contribution in [-0.2, 0) is 0 Å². The molecule has 0 radical (unpaired) electrons. The van der Waals surface area contributed by atoms with Crippen LogP contribution in [0.25, 0.3) is 0 Å². The second-order valence-corrected chi connectivity index (χ2v) is 5.71. The van der Waals surface area contributed by atoms with E-state index in [0.29, 0.717) is 35.5 Å². The Morgan fingerprint density at radius 1 is 1.20 bits per heavy atom. The molecule has 0 saturated heterocycles. The van der Waals surface area contributed by atoms with Crippen LogP contribution in [0.4, 0.5) is 0 Å². The van der Waals surface area contributed by atoms with Gasteiger partial charge in [0.1, 0.15) is 5.75 Å². The molecule has 20 heavy (non-hydrogen) atoms. The van der Waals surface area contributed by atoms with Crippen molar-refractivity contribution in [1.82, 2.24) is 0 Å². The van der Waals surface area contributed by atoms with Crippen molar-refractivity contribution in [1.29, 1.82) is 0 Å². The summed E-state index contributed by atoms with van der Waals surface area (Å²) in [5, 5.41) is 20.0. The summed E-state index contributed by atoms with van der Waals surface area (Å²) in [5.74, 6) is 0.348. The summed E-state index contributed by atoms with van der Waals surface area (Å²) in [4.78, 5) is 12.5. The van der Waals surface area contributed by atoms with Gasteiger partial charge in [-0.2, -0.15) is 0 Å². The van der Waals surface area contributed by atoms with Gasteiger partial charge in [0.15, 0.2) is 23.6 Å². The summed E-state index contributed by atoms with van der Waals surface area (Å²) in [6.07, 6.45) is -0.568. The third-order valence-corrected chi connectivity index (χ3v) is 4.13. The van der Waals surface area contributed by atoms with Gasteiger partial charge in [0.05, 0.1) is 18.1 Å². The fourth-order valence-electron chi connectivity index (χ4n) is 2.98. The molecule has 2 aliphatic rings. The summed E-state index contributed by atoms with van der Waals surface area (Å²) < 4.78 is 11.0. The van der Waals surface area contributed by atoms with E-state index in [1.807, 2.05) is 13.8 Å². The van der Waals surface area contributed by atoms with Crippen LogP contribution in [0.1, 0.15) is 47.7 Å². The Hall–Kier alpha value is -1.75. The van der Waals surface area contributed by atoms with Crippen LogP contribution in [0, 0.1) is 12.8 Å². The topological polar surface area (TPSA) is 76.0 Å². The number of aliphatic hydroxyl groups is 1. The Morgan fingerprint density at radius 3 is 2.60 bits per heavy atom. The molecule has 3 rings (SSSR count). The second kappa shape index (κ2) is 4.38. The predicted molar refractivity (Wildman–Crippen MR) is 71.5 cm³/mol. The number of ether oxygens (including phenoxy) is 2. The van der Waals surface area contributed by atoms with E-state index in [9.17, 15) is 15.0 Å². The summed E-state index contributed by atoms with van der Waals surface area (Å²) in [6.45, 7) is 5.74. The van der Waals surface area contributed by atoms with Crippen LogP contribution in [0.15, 0.2) is 0 Å². The van der Waals surface area contributed by atoms with Crippen LogP contribution in [0.2, 0.25) is 0 Å². The molecule has 0 bridgehead atoms. The molecular formula is C15H18O5. The van der Waals surface area contributed by atoms with E-state index in [0.717, 1.165) is 0 Å². The summed E-state index contributed by atoms with van der Waals surface area (Å²) in [5.41, 5.74) is 1.65. The minimum atomic E-state index is -0.960. The number of rotatable bonds is 0. The molecule has 2 heterocycles. The molecule has 3 atom stereocenters. The Balaban J connectivity index is 2.32. The minimum Gasteiger partial charge on any atom is -0.504 e. The van der Waals surface area contributed by atoms with Crippen molar-refractivity contribution in [2.24, 2.45) is 5.92 Å². The van der Waals surface area contributed by atoms with Gasteiger partial charge in [-0.3, -0.25) is 4.79 Å². The van der Waals surface area contributed by atoms with Gasteiger partial charge < -0.3 is 19.7 Å². The molecule has 1 aromatic rings. The molecule has 5 heteroatoms. The number of hydrogen-bond donors (Lipinski definition) is 2. The van der Waals surface area contributed by atoms with Crippen molar-refractivity contribution in [3.63, 3.8) is 0 Å². The monoisotopic (exact) mass is 278 g/mol. The largest absolute Gasteiger partial charge is 0.504 e. The van der Waals surface area contributed by atoms with E-state index in [1.54, 1.807) is 6.92 Å². The summed E-state index contributed by atoms with van der Waals surface area (Å²) in [6, 6.07) is 0. The van der Waals surface area contributed by atoms with Crippen LogP contribution >= 0.6 is 0 Å². The second-order valence-electron chi connectivity index (χ2n) is 5.71. The number of fused-ring (bicyclic) bond motifs is 3. The zero-order chi connectivity index (χ0) is 14.6. The number of phenols is 1. The molecule has 2 N–H and O–H groups in total. The lowest BCUT2D eigenvalue weighted by Gasteiger charge is -2.34. The first-order valence-corrected chi connectivity index (χ1v) is 6.83. The van der Waals surface area contributed by atoms with Crippen LogP contribution < -0.4 is 9.47 Å². The number of benzene rings is 1. The van der Waals surface area contributed by atoms with Crippen LogP contribution in [-0.4, -0.2) is 28.9 Å². The fourth-order valence-corrected chi connectivity index (χ4v) is 2.98. The third-order valence-electron chi connectivity index (χ3n) is 4.13. The van der Waals surface area contributed by atoms with Crippen molar-refractivity contribution >= 4 is 5.78 Å². The molecule has 108 valence electrons. The highest BCUT2D eigenvalue weighted by atomic mass is 16.6. The maximum atomic E-state index is 12.5. The van der Waals surface area contributed by atoms with Gasteiger partial charge in [0.25, 0.3) is 0 Å². The smallest absolute Gasteiger partial charge is 0.198 e. The normalized spacial score (nSPS) is 28.2. The lowest BCUT2D eigenvalue weighted by Crippen LogP contribution is -2.31. The number of ketones is 1. The average Bonchev–Trinajstić information content (AvgIpc) is 2.39. The van der Waals surface area contributed by atoms with Gasteiger partial charge in [0, 0.05) is 17.5 Å². The molecule has 1 aromatic carbocycles. The Bertz CT molecular complexity index is 593. The first-order chi connectivity index (χ1) is 9.41. The maximum Gasteiger partial charge on any atom is 0.198 e. The predicted octanol–water partition coefficient (Wildman–Crippen LogP) is 2.12. The van der Waals surface area contributed by atoms with Crippen molar-refractivity contribution in [3.8, 4) is 17.2 Å². The van der Waals surface area contributed by atoms with E-state index >= 15 is 0 Å². The minimum absolute atomic E-state index is 0.0115. The van der Waals surface area contributed by atoms with Gasteiger partial charge in [-0.25, -0.2) is 0 Å². The van der Waals surface area contributed by atoms with E-state index in [4.69, 9.17) is 9.47 Å². The van der Waals surface area contributed by atoms with E-state index in [2.05, 4.69) is 0 Å². The van der Waals surface area contributed by atoms with Gasteiger partial charge in [-0.05, 0) is 12.8 Å². The number of Topliss-reactive ketones (excluding diaryl/α,β-unsaturated/α-hetero) is 1. The van der Waals surface area contributed by atoms with E-state index < -0.39 is 6.29 Å². The number of hydrogen-bond acceptors (Lipinski definition) is 5. The third kappa shape index (κ3) is 1.69. The summed E-state index contributed by atoms with van der Waals surface area (Å²) >= 11 is 0. The lowest BCUT2D eigenvalue weighted by atomic mass is 9.82. The summed E-state index contributed by atoms with van der Waals surface area (Å²) in [7, 11) is 0. The highest BCUT2D eigenvalue weighted by Gasteiger charge is 2.38. The van der Waals surface area contributed by atoms with Crippen molar-refractivity contribution < 1.29 is 24.5 Å². The number of aliphatic hydroxyl groups excluding tert-OH is 1. The molecular weight excluding hydrogens is 260 g/mol. The average molecular weight is 278 g/mol. The number of carbonyl (C=O) groups excluding carboxylic acids is 1. The molecule has 0 saturated carbocycles. The van der Waals surface area contributed by atoms with E-state index in [1.165, 1.54) is 0 Å². The molecule has 5 nitrogen and oxygen atoms in total. The van der Waals surface area contributed by atoms with Crippen molar-refractivity contribution in [2.75, 3.05) is 6.61 Å². The number of aromatic hydroxyl groups is 1. The molecule has 0 spiro atoms. The van der Waals surface area contributed by atoms with Gasteiger partial charge in [0.2, 0.25) is 0 Å². The van der Waals surface area contributed by atoms with Crippen LogP contribution in [0.5, 0.6) is 17.2 Å². The Morgan fingerprint density at radius 2 is 1.90 bits per heavy atom. The molecule has 0 aliphatic carbocycles. The fraction of sp³-hybridized carbons (Fsp3) is 0.533. The quantitative estimate of drug-likeness (QED) is 0.760. The highest BCUT2D eigenvalue weighted by molar-refractivity contribution is 6.04. The number of phenolic OH excluding ortho intramolecular Hbond substituents is 1. The van der Waals surface area contributed by atoms with Gasteiger partial charge >= 0.3 is 0 Å². The Kier molecular flexibility index (Phi) is 2.90. The molecule has 0 fully saturated rings. The first-order valence-electron chi connectivity index (χ1n) is 6.83.